The van der Waals surface area contributed by atoms with E-state index in [2.05, 4.69) is 0 Å². The van der Waals surface area contributed by atoms with Crippen LogP contribution in [-0.4, -0.2) is 17.1 Å². The molecule has 3 rings (SSSR count). The molecule has 0 aromatic heterocycles. The van der Waals surface area contributed by atoms with Crippen molar-refractivity contribution in [1.29, 1.82) is 0 Å². The van der Waals surface area contributed by atoms with Gasteiger partial charge in [0.05, 0.1) is 10.9 Å². The van der Waals surface area contributed by atoms with Crippen molar-refractivity contribution in [1.82, 2.24) is 0 Å². The molecule has 1 fully saturated rings. The van der Waals surface area contributed by atoms with Crippen LogP contribution in [0, 0.1) is 18.6 Å². The topological polar surface area (TPSA) is 37.4 Å². The minimum atomic E-state index is -1.09. The molecule has 0 spiro atoms. The first-order chi connectivity index (χ1) is 11.0. The van der Waals surface area contributed by atoms with Crippen LogP contribution in [0.15, 0.2) is 47.4 Å². The fourth-order valence-corrected chi connectivity index (χ4v) is 3.43. The molecule has 1 atom stereocenters. The zero-order chi connectivity index (χ0) is 16.6. The Labute approximate surface area is 136 Å². The molecule has 2 amide bonds. The predicted octanol–water partition coefficient (Wildman–Crippen LogP) is 3.70. The first kappa shape index (κ1) is 15.7. The lowest BCUT2D eigenvalue weighted by molar-refractivity contribution is -0.121. The Morgan fingerprint density at radius 3 is 2.39 bits per heavy atom. The van der Waals surface area contributed by atoms with Crippen LogP contribution in [0.3, 0.4) is 0 Å². The molecule has 0 saturated carbocycles. The number of aryl methyl sites for hydroxylation is 1. The Balaban J connectivity index is 1.82. The zero-order valence-electron chi connectivity index (χ0n) is 12.3. The fraction of sp³-hybridized carbons (Fsp3) is 0.176. The summed E-state index contributed by atoms with van der Waals surface area (Å²) in [6.07, 6.45) is 0.0381. The van der Waals surface area contributed by atoms with E-state index < -0.39 is 28.7 Å². The van der Waals surface area contributed by atoms with Crippen LogP contribution in [0.1, 0.15) is 12.0 Å². The number of amides is 2. The number of imide groups is 1. The Kier molecular flexibility index (Phi) is 4.17. The summed E-state index contributed by atoms with van der Waals surface area (Å²) < 4.78 is 26.3. The molecule has 0 aliphatic carbocycles. The summed E-state index contributed by atoms with van der Waals surface area (Å²) >= 11 is 1.30. The Bertz CT molecular complexity index is 777. The van der Waals surface area contributed by atoms with Crippen LogP contribution in [0.2, 0.25) is 0 Å². The Morgan fingerprint density at radius 2 is 1.74 bits per heavy atom. The monoisotopic (exact) mass is 333 g/mol. The maximum Gasteiger partial charge on any atom is 0.247 e. The number of hydrogen-bond acceptors (Lipinski definition) is 3. The van der Waals surface area contributed by atoms with Gasteiger partial charge in [-0.1, -0.05) is 17.7 Å². The van der Waals surface area contributed by atoms with Gasteiger partial charge in [0.25, 0.3) is 0 Å². The number of halogens is 2. The van der Waals surface area contributed by atoms with E-state index in [0.717, 1.165) is 27.5 Å². The fourth-order valence-electron chi connectivity index (χ4n) is 2.37. The highest BCUT2D eigenvalue weighted by atomic mass is 32.2. The largest absolute Gasteiger partial charge is 0.274 e. The number of carbonyl (C=O) groups is 2. The summed E-state index contributed by atoms with van der Waals surface area (Å²) in [4.78, 5) is 26.4. The molecular weight excluding hydrogens is 320 g/mol. The van der Waals surface area contributed by atoms with Gasteiger partial charge in [-0.15, -0.1) is 11.8 Å². The third kappa shape index (κ3) is 3.12. The number of thioether (sulfide) groups is 1. The molecule has 6 heteroatoms. The summed E-state index contributed by atoms with van der Waals surface area (Å²) in [5.74, 6) is -2.92. The minimum absolute atomic E-state index is 0.0381. The van der Waals surface area contributed by atoms with Crippen molar-refractivity contribution in [3.8, 4) is 0 Å². The van der Waals surface area contributed by atoms with E-state index in [1.165, 1.54) is 17.8 Å². The lowest BCUT2D eigenvalue weighted by atomic mass is 10.2. The number of rotatable bonds is 3. The Hall–Kier alpha value is -2.21. The highest BCUT2D eigenvalue weighted by Crippen LogP contribution is 2.34. The van der Waals surface area contributed by atoms with Crippen molar-refractivity contribution in [2.45, 2.75) is 23.5 Å². The smallest absolute Gasteiger partial charge is 0.247 e. The molecule has 1 heterocycles. The van der Waals surface area contributed by atoms with Crippen LogP contribution >= 0.6 is 11.8 Å². The maximum absolute atomic E-state index is 13.3. The predicted molar refractivity (Wildman–Crippen MR) is 84.3 cm³/mol. The molecule has 118 valence electrons. The summed E-state index contributed by atoms with van der Waals surface area (Å²) in [6.45, 7) is 1.96. The first-order valence-corrected chi connectivity index (χ1v) is 7.89. The second-order valence-electron chi connectivity index (χ2n) is 5.29. The molecule has 2 aromatic carbocycles. The van der Waals surface area contributed by atoms with Crippen molar-refractivity contribution in [3.63, 3.8) is 0 Å². The zero-order valence-corrected chi connectivity index (χ0v) is 13.1. The van der Waals surface area contributed by atoms with Gasteiger partial charge < -0.3 is 0 Å². The summed E-state index contributed by atoms with van der Waals surface area (Å²) in [5, 5.41) is -0.557. The van der Waals surface area contributed by atoms with Crippen LogP contribution in [-0.2, 0) is 9.59 Å². The van der Waals surface area contributed by atoms with Gasteiger partial charge in [-0.25, -0.2) is 13.7 Å². The van der Waals surface area contributed by atoms with Gasteiger partial charge in [-0.3, -0.25) is 9.59 Å². The van der Waals surface area contributed by atoms with Crippen LogP contribution < -0.4 is 4.90 Å². The average molecular weight is 333 g/mol. The number of hydrogen-bond donors (Lipinski definition) is 0. The van der Waals surface area contributed by atoms with E-state index in [-0.39, 0.29) is 12.1 Å². The van der Waals surface area contributed by atoms with Gasteiger partial charge in [-0.2, -0.15) is 0 Å². The third-order valence-electron chi connectivity index (χ3n) is 3.57. The van der Waals surface area contributed by atoms with Crippen LogP contribution in [0.5, 0.6) is 0 Å². The number of benzene rings is 2. The van der Waals surface area contributed by atoms with Gasteiger partial charge in [0.1, 0.15) is 0 Å². The molecule has 2 aromatic rings. The maximum atomic E-state index is 13.3. The third-order valence-corrected chi connectivity index (χ3v) is 4.76. The lowest BCUT2D eigenvalue weighted by Crippen LogP contribution is -2.31. The number of carbonyl (C=O) groups excluding carboxylic acids is 2. The molecule has 23 heavy (non-hydrogen) atoms. The molecule has 1 unspecified atom stereocenters. The highest BCUT2D eigenvalue weighted by molar-refractivity contribution is 8.00. The molecule has 1 saturated heterocycles. The van der Waals surface area contributed by atoms with Gasteiger partial charge >= 0.3 is 0 Å². The number of nitrogens with zero attached hydrogens (tertiary/aromatic N) is 1. The normalized spacial score (nSPS) is 17.9. The van der Waals surface area contributed by atoms with E-state index >= 15 is 0 Å². The van der Waals surface area contributed by atoms with Crippen molar-refractivity contribution >= 4 is 29.3 Å². The lowest BCUT2D eigenvalue weighted by Gasteiger charge is -2.15. The van der Waals surface area contributed by atoms with E-state index in [1.807, 2.05) is 31.2 Å². The Morgan fingerprint density at radius 1 is 1.04 bits per heavy atom. The van der Waals surface area contributed by atoms with E-state index in [4.69, 9.17) is 0 Å². The molecule has 3 nitrogen and oxygen atoms in total. The van der Waals surface area contributed by atoms with Crippen molar-refractivity contribution in [3.05, 3.63) is 59.7 Å². The highest BCUT2D eigenvalue weighted by Gasteiger charge is 2.40. The standard InChI is InChI=1S/C17H13F2NO2S/c1-10-2-5-12(6-3-10)23-15-9-16(21)20(17(15)22)11-4-7-13(18)14(19)8-11/h2-8,15H,9H2,1H3. The molecule has 1 aliphatic heterocycles. The molecule has 1 aliphatic rings. The van der Waals surface area contributed by atoms with E-state index in [0.29, 0.717) is 0 Å². The van der Waals surface area contributed by atoms with Crippen molar-refractivity contribution < 1.29 is 18.4 Å². The molecule has 0 bridgehead atoms. The number of anilines is 1. The summed E-state index contributed by atoms with van der Waals surface area (Å²) in [5.41, 5.74) is 1.16. The first-order valence-electron chi connectivity index (χ1n) is 7.01. The molecule has 0 radical (unpaired) electrons. The second kappa shape index (κ2) is 6.12. The summed E-state index contributed by atoms with van der Waals surface area (Å²) in [6, 6.07) is 10.6. The summed E-state index contributed by atoms with van der Waals surface area (Å²) in [7, 11) is 0. The van der Waals surface area contributed by atoms with Crippen molar-refractivity contribution in [2.24, 2.45) is 0 Å². The van der Waals surface area contributed by atoms with Gasteiger partial charge in [0, 0.05) is 17.4 Å². The van der Waals surface area contributed by atoms with Gasteiger partial charge in [0.2, 0.25) is 11.8 Å². The molecular formula is C17H13F2NO2S. The van der Waals surface area contributed by atoms with Crippen LogP contribution in [0.25, 0.3) is 0 Å². The minimum Gasteiger partial charge on any atom is -0.274 e. The van der Waals surface area contributed by atoms with Crippen LogP contribution in [0.4, 0.5) is 14.5 Å². The quantitative estimate of drug-likeness (QED) is 0.804. The SMILES string of the molecule is Cc1ccc(SC2CC(=O)N(c3ccc(F)c(F)c3)C2=O)cc1. The van der Waals surface area contributed by atoms with E-state index in [1.54, 1.807) is 0 Å². The average Bonchev–Trinajstić information content (AvgIpc) is 2.79. The van der Waals surface area contributed by atoms with Crippen molar-refractivity contribution in [2.75, 3.05) is 4.90 Å². The van der Waals surface area contributed by atoms with Gasteiger partial charge in [0.15, 0.2) is 11.6 Å². The molecule has 0 N–H and O–H groups in total. The second-order valence-corrected chi connectivity index (χ2v) is 6.57. The van der Waals surface area contributed by atoms with E-state index in [9.17, 15) is 18.4 Å². The van der Waals surface area contributed by atoms with Gasteiger partial charge in [-0.05, 0) is 31.2 Å².